The van der Waals surface area contributed by atoms with Crippen LogP contribution in [-0.4, -0.2) is 45.9 Å². The van der Waals surface area contributed by atoms with Crippen LogP contribution in [0.4, 0.5) is 5.69 Å². The van der Waals surface area contributed by atoms with E-state index >= 15 is 0 Å². The molecule has 5 heteroatoms. The van der Waals surface area contributed by atoms with Crippen molar-refractivity contribution < 1.29 is 4.74 Å². The molecule has 1 aliphatic heterocycles. The number of hydrogen-bond donors (Lipinski definition) is 2. The maximum absolute atomic E-state index is 5.13. The maximum Gasteiger partial charge on any atom is 0.191 e. The number of anilines is 1. The minimum absolute atomic E-state index is 0.221. The molecule has 5 nitrogen and oxygen atoms in total. The molecule has 2 rings (SSSR count). The molecule has 0 amide bonds. The molecule has 0 saturated carbocycles. The van der Waals surface area contributed by atoms with Gasteiger partial charge in [0.1, 0.15) is 0 Å². The summed E-state index contributed by atoms with van der Waals surface area (Å²) >= 11 is 0. The van der Waals surface area contributed by atoms with Crippen molar-refractivity contribution in [2.24, 2.45) is 4.99 Å². The van der Waals surface area contributed by atoms with Gasteiger partial charge in [-0.15, -0.1) is 0 Å². The van der Waals surface area contributed by atoms with E-state index in [9.17, 15) is 0 Å². The third-order valence-electron chi connectivity index (χ3n) is 3.58. The van der Waals surface area contributed by atoms with Crippen LogP contribution in [0.5, 0.6) is 0 Å². The Morgan fingerprint density at radius 3 is 2.82 bits per heavy atom. The number of methoxy groups -OCH3 is 1. The Balaban J connectivity index is 1.88. The predicted molar refractivity (Wildman–Crippen MR) is 92.5 cm³/mol. The number of rotatable bonds is 6. The fourth-order valence-corrected chi connectivity index (χ4v) is 2.46. The molecule has 1 atom stereocenters. The Morgan fingerprint density at radius 2 is 2.14 bits per heavy atom. The topological polar surface area (TPSA) is 48.9 Å². The van der Waals surface area contributed by atoms with E-state index in [0.29, 0.717) is 6.61 Å². The third-order valence-corrected chi connectivity index (χ3v) is 3.58. The van der Waals surface area contributed by atoms with E-state index in [2.05, 4.69) is 63.9 Å². The molecule has 22 heavy (non-hydrogen) atoms. The van der Waals surface area contributed by atoms with Crippen molar-refractivity contribution in [2.75, 3.05) is 38.8 Å². The van der Waals surface area contributed by atoms with Crippen LogP contribution in [0, 0.1) is 0 Å². The zero-order chi connectivity index (χ0) is 15.8. The van der Waals surface area contributed by atoms with Crippen molar-refractivity contribution in [1.29, 1.82) is 0 Å². The fourth-order valence-electron chi connectivity index (χ4n) is 2.46. The van der Waals surface area contributed by atoms with Crippen LogP contribution >= 0.6 is 0 Å². The molecular weight excluding hydrogens is 276 g/mol. The molecule has 0 aliphatic carbocycles. The van der Waals surface area contributed by atoms with Gasteiger partial charge in [-0.25, -0.2) is 0 Å². The minimum Gasteiger partial charge on any atom is -0.383 e. The maximum atomic E-state index is 5.13. The van der Waals surface area contributed by atoms with Crippen molar-refractivity contribution in [2.45, 2.75) is 19.5 Å². The van der Waals surface area contributed by atoms with Crippen LogP contribution in [0.25, 0.3) is 0 Å². The summed E-state index contributed by atoms with van der Waals surface area (Å²) in [6, 6.07) is 8.84. The number of nitrogens with zero attached hydrogens (tertiary/aromatic N) is 2. The van der Waals surface area contributed by atoms with Crippen molar-refractivity contribution in [3.8, 4) is 0 Å². The summed E-state index contributed by atoms with van der Waals surface area (Å²) in [5.41, 5.74) is 2.51. The lowest BCUT2D eigenvalue weighted by atomic mass is 10.2. The predicted octanol–water partition coefficient (Wildman–Crippen LogP) is 1.76. The molecule has 2 N–H and O–H groups in total. The van der Waals surface area contributed by atoms with E-state index in [1.54, 1.807) is 14.2 Å². The molecule has 1 aromatic rings. The summed E-state index contributed by atoms with van der Waals surface area (Å²) < 4.78 is 5.13. The molecule has 1 unspecified atom stereocenters. The normalized spacial score (nSPS) is 16.0. The highest BCUT2D eigenvalue weighted by Gasteiger charge is 2.08. The average Bonchev–Trinajstić information content (AvgIpc) is 3.06. The van der Waals surface area contributed by atoms with Gasteiger partial charge in [-0.2, -0.15) is 0 Å². The number of benzene rings is 1. The van der Waals surface area contributed by atoms with Crippen LogP contribution in [0.2, 0.25) is 0 Å². The standard InChI is InChI=1S/C17H26N4O/c1-14(13-22-3)20-17(18-2)19-12-15-7-6-8-16(11-15)21-9-4-5-10-21/h4-8,11,14H,9-10,12-13H2,1-3H3,(H2,18,19,20). The molecule has 120 valence electrons. The van der Waals surface area contributed by atoms with Gasteiger partial charge in [-0.05, 0) is 24.6 Å². The molecule has 1 aliphatic rings. The van der Waals surface area contributed by atoms with Crippen LogP contribution in [0.15, 0.2) is 41.4 Å². The molecule has 0 bridgehead atoms. The van der Waals surface area contributed by atoms with E-state index in [1.807, 2.05) is 0 Å². The number of guanidine groups is 1. The number of ether oxygens (including phenoxy) is 1. The monoisotopic (exact) mass is 302 g/mol. The number of aliphatic imine (C=N–C) groups is 1. The smallest absolute Gasteiger partial charge is 0.191 e. The highest BCUT2D eigenvalue weighted by Crippen LogP contribution is 2.18. The van der Waals surface area contributed by atoms with Gasteiger partial charge in [0.05, 0.1) is 6.61 Å². The Morgan fingerprint density at radius 1 is 1.36 bits per heavy atom. The lowest BCUT2D eigenvalue weighted by Gasteiger charge is -2.20. The zero-order valence-electron chi connectivity index (χ0n) is 13.7. The molecule has 0 aromatic heterocycles. The second-order valence-electron chi connectivity index (χ2n) is 5.47. The van der Waals surface area contributed by atoms with E-state index in [0.717, 1.165) is 25.6 Å². The van der Waals surface area contributed by atoms with Gasteiger partial charge in [0.25, 0.3) is 0 Å². The van der Waals surface area contributed by atoms with E-state index in [4.69, 9.17) is 4.74 Å². The highest BCUT2D eigenvalue weighted by atomic mass is 16.5. The summed E-state index contributed by atoms with van der Waals surface area (Å²) in [7, 11) is 3.48. The first-order valence-corrected chi connectivity index (χ1v) is 7.68. The molecular formula is C17H26N4O. The van der Waals surface area contributed by atoms with E-state index in [-0.39, 0.29) is 6.04 Å². The Labute approximate surface area is 133 Å². The van der Waals surface area contributed by atoms with Gasteiger partial charge in [0.15, 0.2) is 5.96 Å². The van der Waals surface area contributed by atoms with Gasteiger partial charge in [-0.1, -0.05) is 24.3 Å². The van der Waals surface area contributed by atoms with Gasteiger partial charge in [0, 0.05) is 45.5 Å². The van der Waals surface area contributed by atoms with Gasteiger partial charge in [0.2, 0.25) is 0 Å². The molecule has 0 fully saturated rings. The number of nitrogens with one attached hydrogen (secondary N) is 2. The lowest BCUT2D eigenvalue weighted by Crippen LogP contribution is -2.43. The molecule has 0 spiro atoms. The Bertz CT molecular complexity index is 519. The molecule has 1 heterocycles. The summed E-state index contributed by atoms with van der Waals surface area (Å²) in [6.45, 7) is 5.45. The number of hydrogen-bond acceptors (Lipinski definition) is 3. The molecule has 0 radical (unpaired) electrons. The molecule has 0 saturated heterocycles. The SMILES string of the molecule is CN=C(NCc1cccc(N2CC=CC2)c1)NC(C)COC. The summed E-state index contributed by atoms with van der Waals surface area (Å²) in [5, 5.41) is 6.64. The van der Waals surface area contributed by atoms with Gasteiger partial charge in [-0.3, -0.25) is 4.99 Å². The van der Waals surface area contributed by atoms with Crippen LogP contribution in [0.1, 0.15) is 12.5 Å². The van der Waals surface area contributed by atoms with Gasteiger partial charge >= 0.3 is 0 Å². The lowest BCUT2D eigenvalue weighted by molar-refractivity contribution is 0.179. The molecule has 1 aromatic carbocycles. The second-order valence-corrected chi connectivity index (χ2v) is 5.47. The van der Waals surface area contributed by atoms with Crippen LogP contribution in [0.3, 0.4) is 0 Å². The van der Waals surface area contributed by atoms with Gasteiger partial charge < -0.3 is 20.3 Å². The van der Waals surface area contributed by atoms with Crippen molar-refractivity contribution in [3.63, 3.8) is 0 Å². The first-order chi connectivity index (χ1) is 10.7. The highest BCUT2D eigenvalue weighted by molar-refractivity contribution is 5.79. The van der Waals surface area contributed by atoms with E-state index in [1.165, 1.54) is 11.3 Å². The van der Waals surface area contributed by atoms with Crippen molar-refractivity contribution >= 4 is 11.6 Å². The average molecular weight is 302 g/mol. The van der Waals surface area contributed by atoms with Crippen molar-refractivity contribution in [3.05, 3.63) is 42.0 Å². The first-order valence-electron chi connectivity index (χ1n) is 7.68. The fraction of sp³-hybridized carbons (Fsp3) is 0.471. The first kappa shape index (κ1) is 16.4. The quantitative estimate of drug-likeness (QED) is 0.478. The van der Waals surface area contributed by atoms with Crippen LogP contribution in [-0.2, 0) is 11.3 Å². The minimum atomic E-state index is 0.221. The summed E-state index contributed by atoms with van der Waals surface area (Å²) in [4.78, 5) is 6.59. The Kier molecular flexibility index (Phi) is 6.27. The Hall–Kier alpha value is -2.01. The second kappa shape index (κ2) is 8.44. The third kappa shape index (κ3) is 4.77. The summed E-state index contributed by atoms with van der Waals surface area (Å²) in [5.74, 6) is 0.790. The van der Waals surface area contributed by atoms with E-state index < -0.39 is 0 Å². The largest absolute Gasteiger partial charge is 0.383 e. The summed E-state index contributed by atoms with van der Waals surface area (Å²) in [6.07, 6.45) is 4.40. The zero-order valence-corrected chi connectivity index (χ0v) is 13.7. The van der Waals surface area contributed by atoms with Crippen LogP contribution < -0.4 is 15.5 Å². The van der Waals surface area contributed by atoms with Crippen molar-refractivity contribution in [1.82, 2.24) is 10.6 Å².